The Morgan fingerprint density at radius 2 is 2.12 bits per heavy atom. The molecule has 1 aromatic carbocycles. The topological polar surface area (TPSA) is 54.7 Å². The quantitative estimate of drug-likeness (QED) is 0.938. The van der Waals surface area contributed by atoms with Crippen LogP contribution < -0.4 is 10.1 Å². The van der Waals surface area contributed by atoms with E-state index >= 15 is 0 Å². The number of amides is 1. The summed E-state index contributed by atoms with van der Waals surface area (Å²) < 4.78 is 10.5. The molecule has 0 bridgehead atoms. The van der Waals surface area contributed by atoms with E-state index in [4.69, 9.17) is 9.15 Å². The van der Waals surface area contributed by atoms with Gasteiger partial charge in [-0.25, -0.2) is 0 Å². The lowest BCUT2D eigenvalue weighted by Gasteiger charge is -2.32. The van der Waals surface area contributed by atoms with Crippen LogP contribution in [0.25, 0.3) is 0 Å². The van der Waals surface area contributed by atoms with Crippen LogP contribution in [0.4, 0.5) is 0 Å². The summed E-state index contributed by atoms with van der Waals surface area (Å²) in [7, 11) is 0. The molecule has 0 aliphatic carbocycles. The van der Waals surface area contributed by atoms with Crippen LogP contribution >= 0.6 is 0 Å². The molecule has 1 aromatic heterocycles. The van der Waals surface area contributed by atoms with Gasteiger partial charge in [-0.2, -0.15) is 0 Å². The van der Waals surface area contributed by atoms with E-state index < -0.39 is 0 Å². The third kappa shape index (κ3) is 3.17. The predicted octanol–water partition coefficient (Wildman–Crippen LogP) is 2.61. The Bertz CT molecular complexity index is 703. The molecular weight excluding hydrogens is 304 g/mol. The molecule has 0 atom stereocenters. The second-order valence-electron chi connectivity index (χ2n) is 6.50. The van der Waals surface area contributed by atoms with Crippen molar-refractivity contribution in [3.05, 3.63) is 53.5 Å². The van der Waals surface area contributed by atoms with E-state index in [1.165, 1.54) is 17.4 Å². The van der Waals surface area contributed by atoms with Crippen LogP contribution in [0.2, 0.25) is 0 Å². The Balaban J connectivity index is 1.27. The van der Waals surface area contributed by atoms with Crippen molar-refractivity contribution in [2.24, 2.45) is 0 Å². The van der Waals surface area contributed by atoms with Crippen LogP contribution in [-0.2, 0) is 13.0 Å². The van der Waals surface area contributed by atoms with Crippen molar-refractivity contribution >= 4 is 5.91 Å². The zero-order valence-corrected chi connectivity index (χ0v) is 13.7. The summed E-state index contributed by atoms with van der Waals surface area (Å²) in [5, 5.41) is 3.63. The van der Waals surface area contributed by atoms with Gasteiger partial charge in [-0.15, -0.1) is 0 Å². The first-order chi connectivity index (χ1) is 11.8. The molecule has 2 aliphatic heterocycles. The van der Waals surface area contributed by atoms with Crippen molar-refractivity contribution in [3.63, 3.8) is 0 Å². The Morgan fingerprint density at radius 1 is 1.25 bits per heavy atom. The number of carbonyl (C=O) groups is 1. The van der Waals surface area contributed by atoms with E-state index in [0.29, 0.717) is 11.6 Å². The molecule has 2 aliphatic rings. The summed E-state index contributed by atoms with van der Waals surface area (Å²) >= 11 is 0. The average molecular weight is 326 g/mol. The number of likely N-dealkylation sites (tertiary alicyclic amines) is 1. The third-order valence-corrected chi connectivity index (χ3v) is 4.90. The zero-order chi connectivity index (χ0) is 16.4. The second-order valence-corrected chi connectivity index (χ2v) is 6.50. The van der Waals surface area contributed by atoms with Gasteiger partial charge in [0.1, 0.15) is 12.0 Å². The molecule has 1 saturated heterocycles. The number of ether oxygens (including phenoxy) is 1. The number of nitrogens with zero attached hydrogens (tertiary/aromatic N) is 1. The molecule has 0 unspecified atom stereocenters. The highest BCUT2D eigenvalue weighted by Crippen LogP contribution is 2.26. The molecule has 1 N–H and O–H groups in total. The number of piperidine rings is 1. The maximum absolute atomic E-state index is 12.3. The highest BCUT2D eigenvalue weighted by atomic mass is 16.5. The monoisotopic (exact) mass is 326 g/mol. The van der Waals surface area contributed by atoms with E-state index in [0.717, 1.165) is 51.3 Å². The Kier molecular flexibility index (Phi) is 4.26. The van der Waals surface area contributed by atoms with Crippen LogP contribution in [0.15, 0.2) is 41.2 Å². The fraction of sp³-hybridized carbons (Fsp3) is 0.421. The maximum Gasteiger partial charge on any atom is 0.257 e. The summed E-state index contributed by atoms with van der Waals surface area (Å²) in [6, 6.07) is 8.64. The minimum absolute atomic E-state index is 0.0702. The van der Waals surface area contributed by atoms with Gasteiger partial charge in [-0.3, -0.25) is 4.79 Å². The summed E-state index contributed by atoms with van der Waals surface area (Å²) in [6.07, 6.45) is 6.04. The first kappa shape index (κ1) is 15.3. The maximum atomic E-state index is 12.3. The molecule has 24 heavy (non-hydrogen) atoms. The number of fused-ring (bicyclic) bond motifs is 1. The Morgan fingerprint density at radius 3 is 2.92 bits per heavy atom. The van der Waals surface area contributed by atoms with Crippen LogP contribution in [0, 0.1) is 0 Å². The zero-order valence-electron chi connectivity index (χ0n) is 13.7. The van der Waals surface area contributed by atoms with Crippen molar-refractivity contribution in [2.75, 3.05) is 19.7 Å². The number of furan rings is 1. The van der Waals surface area contributed by atoms with E-state index in [-0.39, 0.29) is 5.91 Å². The Hall–Kier alpha value is -2.27. The molecule has 5 nitrogen and oxygen atoms in total. The van der Waals surface area contributed by atoms with Gasteiger partial charge in [-0.1, -0.05) is 12.1 Å². The number of hydrogen-bond donors (Lipinski definition) is 1. The minimum atomic E-state index is 0.0702. The number of nitrogens with one attached hydrogen (secondary N) is 1. The standard InChI is InChI=1S/C19H22N2O3/c22-19(16-5-9-23-13-16)21-7-3-17(4-8-21)20-12-14-1-2-18-15(11-14)6-10-24-18/h1-2,5,9,11,13,17,20H,3-4,6-8,10,12H2. The Labute approximate surface area is 141 Å². The van der Waals surface area contributed by atoms with E-state index in [1.54, 1.807) is 12.3 Å². The SMILES string of the molecule is O=C(c1ccoc1)N1CCC(NCc2ccc3c(c2)CCO3)CC1. The van der Waals surface area contributed by atoms with Gasteiger partial charge >= 0.3 is 0 Å². The number of rotatable bonds is 4. The van der Waals surface area contributed by atoms with Crippen molar-refractivity contribution in [3.8, 4) is 5.75 Å². The van der Waals surface area contributed by atoms with Gasteiger partial charge in [0.05, 0.1) is 18.4 Å². The van der Waals surface area contributed by atoms with Gasteiger partial charge in [0.25, 0.3) is 5.91 Å². The molecule has 5 heteroatoms. The van der Waals surface area contributed by atoms with Crippen LogP contribution in [-0.4, -0.2) is 36.5 Å². The highest BCUT2D eigenvalue weighted by molar-refractivity contribution is 5.93. The van der Waals surface area contributed by atoms with Crippen molar-refractivity contribution in [2.45, 2.75) is 31.8 Å². The molecule has 0 spiro atoms. The molecular formula is C19H22N2O3. The molecule has 1 amide bonds. The van der Waals surface area contributed by atoms with Gasteiger partial charge in [-0.05, 0) is 36.1 Å². The van der Waals surface area contributed by atoms with E-state index in [1.807, 2.05) is 4.90 Å². The molecule has 1 fully saturated rings. The number of hydrogen-bond acceptors (Lipinski definition) is 4. The smallest absolute Gasteiger partial charge is 0.257 e. The lowest BCUT2D eigenvalue weighted by atomic mass is 10.0. The van der Waals surface area contributed by atoms with Gasteiger partial charge in [0, 0.05) is 32.1 Å². The van der Waals surface area contributed by atoms with E-state index in [2.05, 4.69) is 23.5 Å². The highest BCUT2D eigenvalue weighted by Gasteiger charge is 2.24. The first-order valence-electron chi connectivity index (χ1n) is 8.59. The molecule has 0 saturated carbocycles. The molecule has 0 radical (unpaired) electrons. The molecule has 2 aromatic rings. The van der Waals surface area contributed by atoms with Gasteiger partial charge in [0.2, 0.25) is 0 Å². The normalized spacial score (nSPS) is 17.6. The first-order valence-corrected chi connectivity index (χ1v) is 8.59. The van der Waals surface area contributed by atoms with E-state index in [9.17, 15) is 4.79 Å². The third-order valence-electron chi connectivity index (χ3n) is 4.90. The summed E-state index contributed by atoms with van der Waals surface area (Å²) in [4.78, 5) is 14.2. The molecule has 126 valence electrons. The second kappa shape index (κ2) is 6.69. The van der Waals surface area contributed by atoms with Crippen molar-refractivity contribution in [1.82, 2.24) is 10.2 Å². The predicted molar refractivity (Wildman–Crippen MR) is 90.1 cm³/mol. The van der Waals surface area contributed by atoms with Crippen LogP contribution in [0.1, 0.15) is 34.3 Å². The lowest BCUT2D eigenvalue weighted by molar-refractivity contribution is 0.0704. The van der Waals surface area contributed by atoms with Crippen molar-refractivity contribution in [1.29, 1.82) is 0 Å². The summed E-state index contributed by atoms with van der Waals surface area (Å²) in [5.74, 6) is 1.10. The lowest BCUT2D eigenvalue weighted by Crippen LogP contribution is -2.44. The van der Waals surface area contributed by atoms with Gasteiger partial charge in [0.15, 0.2) is 0 Å². The van der Waals surface area contributed by atoms with Gasteiger partial charge < -0.3 is 19.4 Å². The fourth-order valence-corrected chi connectivity index (χ4v) is 3.47. The number of benzene rings is 1. The summed E-state index contributed by atoms with van der Waals surface area (Å²) in [5.41, 5.74) is 3.26. The average Bonchev–Trinajstić information content (AvgIpc) is 3.31. The molecule has 4 rings (SSSR count). The van der Waals surface area contributed by atoms with Crippen molar-refractivity contribution < 1.29 is 13.9 Å². The largest absolute Gasteiger partial charge is 0.493 e. The fourth-order valence-electron chi connectivity index (χ4n) is 3.47. The summed E-state index contributed by atoms with van der Waals surface area (Å²) in [6.45, 7) is 3.25. The van der Waals surface area contributed by atoms with Crippen LogP contribution in [0.3, 0.4) is 0 Å². The minimum Gasteiger partial charge on any atom is -0.493 e. The number of carbonyl (C=O) groups excluding carboxylic acids is 1. The van der Waals surface area contributed by atoms with Crippen LogP contribution in [0.5, 0.6) is 5.75 Å². The molecule has 3 heterocycles.